The van der Waals surface area contributed by atoms with Gasteiger partial charge in [0.05, 0.1) is 28.5 Å². The number of hydrogen-bond donors (Lipinski definition) is 1. The van der Waals surface area contributed by atoms with E-state index in [1.54, 1.807) is 12.3 Å². The first-order valence-corrected chi connectivity index (χ1v) is 14.7. The summed E-state index contributed by atoms with van der Waals surface area (Å²) in [6.07, 6.45) is 4.97. The number of imidazole rings is 1. The highest BCUT2D eigenvalue weighted by molar-refractivity contribution is 5.96. The number of aromatic nitrogens is 4. The molecule has 0 aliphatic carbocycles. The van der Waals surface area contributed by atoms with E-state index in [9.17, 15) is 5.11 Å². The summed E-state index contributed by atoms with van der Waals surface area (Å²) in [6, 6.07) is 27.8. The van der Waals surface area contributed by atoms with Crippen LogP contribution >= 0.6 is 0 Å². The van der Waals surface area contributed by atoms with Crippen LogP contribution in [0, 0.1) is 0 Å². The first-order valence-electron chi connectivity index (χ1n) is 14.7. The normalized spacial score (nSPS) is 12.2. The molecule has 216 valence electrons. The second-order valence-corrected chi connectivity index (χ2v) is 13.4. The van der Waals surface area contributed by atoms with Gasteiger partial charge in [-0.1, -0.05) is 77.9 Å². The number of nitrogens with zero attached hydrogens (tertiary/aromatic N) is 4. The molecule has 0 fully saturated rings. The third-order valence-electron chi connectivity index (χ3n) is 8.16. The lowest BCUT2D eigenvalue weighted by molar-refractivity contribution is 0.474. The Morgan fingerprint density at radius 2 is 1.33 bits per heavy atom. The second-order valence-electron chi connectivity index (χ2n) is 13.4. The summed E-state index contributed by atoms with van der Waals surface area (Å²) in [5.41, 5.74) is 11.5. The Bertz CT molecular complexity index is 1920. The van der Waals surface area contributed by atoms with Crippen molar-refractivity contribution in [3.63, 3.8) is 0 Å². The largest absolute Gasteiger partial charge is 0.506 e. The van der Waals surface area contributed by atoms with Crippen molar-refractivity contribution in [1.29, 1.82) is 0 Å². The maximum atomic E-state index is 10.6. The van der Waals surface area contributed by atoms with Gasteiger partial charge in [-0.3, -0.25) is 9.97 Å². The molecule has 3 aromatic carbocycles. The van der Waals surface area contributed by atoms with E-state index in [1.807, 2.05) is 29.9 Å². The first kappa shape index (κ1) is 28.4. The molecule has 6 rings (SSSR count). The maximum absolute atomic E-state index is 10.6. The van der Waals surface area contributed by atoms with Gasteiger partial charge in [0.1, 0.15) is 11.6 Å². The lowest BCUT2D eigenvalue weighted by Crippen LogP contribution is -2.16. The van der Waals surface area contributed by atoms with Gasteiger partial charge in [0.25, 0.3) is 0 Å². The van der Waals surface area contributed by atoms with E-state index in [-0.39, 0.29) is 16.6 Å². The van der Waals surface area contributed by atoms with Crippen LogP contribution in [0.5, 0.6) is 5.75 Å². The topological polar surface area (TPSA) is 63.8 Å². The quantitative estimate of drug-likeness (QED) is 0.231. The molecule has 3 heterocycles. The van der Waals surface area contributed by atoms with Crippen molar-refractivity contribution in [2.45, 2.75) is 52.4 Å². The van der Waals surface area contributed by atoms with E-state index in [0.717, 1.165) is 39.0 Å². The van der Waals surface area contributed by atoms with Gasteiger partial charge in [-0.05, 0) is 81.1 Å². The molecule has 0 aliphatic heterocycles. The van der Waals surface area contributed by atoms with Crippen LogP contribution in [-0.4, -0.2) is 24.6 Å². The SMILES string of the molecule is Cn1c(-c2ccncc2O)nc2c(-c3cc(-c4cc(C(C)(C)C)cc(C(C)(C)C)c4)cc(-c4ccccn4)c3)cccc21. The number of hydrogen-bond acceptors (Lipinski definition) is 4. The van der Waals surface area contributed by atoms with Crippen LogP contribution in [0.15, 0.2) is 97.5 Å². The zero-order chi connectivity index (χ0) is 30.5. The lowest BCUT2D eigenvalue weighted by atomic mass is 9.78. The predicted octanol–water partition coefficient (Wildman–Crippen LogP) is 9.33. The van der Waals surface area contributed by atoms with Gasteiger partial charge in [0.15, 0.2) is 0 Å². The molecule has 5 heteroatoms. The molecule has 5 nitrogen and oxygen atoms in total. The summed E-state index contributed by atoms with van der Waals surface area (Å²) in [7, 11) is 1.98. The fourth-order valence-corrected chi connectivity index (χ4v) is 5.55. The summed E-state index contributed by atoms with van der Waals surface area (Å²) >= 11 is 0. The summed E-state index contributed by atoms with van der Waals surface area (Å²) < 4.78 is 2.03. The Morgan fingerprint density at radius 3 is 1.98 bits per heavy atom. The number of pyridine rings is 2. The van der Waals surface area contributed by atoms with Crippen molar-refractivity contribution < 1.29 is 5.11 Å². The highest BCUT2D eigenvalue weighted by Gasteiger charge is 2.22. The van der Waals surface area contributed by atoms with E-state index in [0.29, 0.717) is 11.4 Å². The van der Waals surface area contributed by atoms with Crippen molar-refractivity contribution in [2.75, 3.05) is 0 Å². The summed E-state index contributed by atoms with van der Waals surface area (Å²) in [4.78, 5) is 13.8. The fourth-order valence-electron chi connectivity index (χ4n) is 5.55. The third kappa shape index (κ3) is 5.43. The van der Waals surface area contributed by atoms with Gasteiger partial charge in [-0.2, -0.15) is 0 Å². The molecule has 0 saturated carbocycles. The summed E-state index contributed by atoms with van der Waals surface area (Å²) in [5.74, 6) is 0.798. The molecule has 0 aliphatic rings. The number of fused-ring (bicyclic) bond motifs is 1. The number of rotatable bonds is 4. The second kappa shape index (κ2) is 10.5. The molecule has 1 N–H and O–H groups in total. The molecule has 6 aromatic rings. The summed E-state index contributed by atoms with van der Waals surface area (Å²) in [6.45, 7) is 13.6. The van der Waals surface area contributed by atoms with E-state index in [2.05, 4.69) is 107 Å². The zero-order valence-corrected chi connectivity index (χ0v) is 26.0. The molecule has 0 amide bonds. The molecule has 0 saturated heterocycles. The molecule has 0 radical (unpaired) electrons. The van der Waals surface area contributed by atoms with Crippen LogP contribution in [0.25, 0.3) is 55.9 Å². The molecule has 3 aromatic heterocycles. The average molecular weight is 567 g/mol. The molecule has 0 bridgehead atoms. The molecule has 0 unspecified atom stereocenters. The number of benzene rings is 3. The smallest absolute Gasteiger partial charge is 0.144 e. The van der Waals surface area contributed by atoms with Crippen molar-refractivity contribution in [2.24, 2.45) is 7.05 Å². The Kier molecular flexibility index (Phi) is 6.92. The van der Waals surface area contributed by atoms with Crippen molar-refractivity contribution in [3.8, 4) is 50.6 Å². The standard InChI is InChI=1S/C38H38N4O/c1-37(2,3)28-20-25(21-29(22-28)38(4,5)6)24-17-26(19-27(18-24)32-12-8-9-15-40-32)30-11-10-13-33-35(30)41-36(42(33)7)31-14-16-39-23-34(31)43/h8-23,43H,1-7H3. The highest BCUT2D eigenvalue weighted by atomic mass is 16.3. The highest BCUT2D eigenvalue weighted by Crippen LogP contribution is 2.39. The van der Waals surface area contributed by atoms with Crippen LogP contribution in [0.1, 0.15) is 52.7 Å². The van der Waals surface area contributed by atoms with Gasteiger partial charge in [-0.15, -0.1) is 0 Å². The average Bonchev–Trinajstić information content (AvgIpc) is 3.32. The lowest BCUT2D eigenvalue weighted by Gasteiger charge is -2.26. The van der Waals surface area contributed by atoms with Gasteiger partial charge >= 0.3 is 0 Å². The minimum Gasteiger partial charge on any atom is -0.506 e. The Morgan fingerprint density at radius 1 is 0.651 bits per heavy atom. The Hall–Kier alpha value is -4.77. The van der Waals surface area contributed by atoms with Gasteiger partial charge in [0, 0.05) is 30.6 Å². The van der Waals surface area contributed by atoms with Gasteiger partial charge < -0.3 is 9.67 Å². The van der Waals surface area contributed by atoms with Crippen LogP contribution in [-0.2, 0) is 17.9 Å². The molecular formula is C38H38N4O. The summed E-state index contributed by atoms with van der Waals surface area (Å²) in [5, 5.41) is 10.6. The van der Waals surface area contributed by atoms with Gasteiger partial charge in [0.2, 0.25) is 0 Å². The van der Waals surface area contributed by atoms with Crippen LogP contribution in [0.4, 0.5) is 0 Å². The monoisotopic (exact) mass is 566 g/mol. The Labute approximate surface area is 253 Å². The van der Waals surface area contributed by atoms with Gasteiger partial charge in [-0.25, -0.2) is 4.98 Å². The minimum atomic E-state index is 0.00586. The number of aromatic hydroxyl groups is 1. The van der Waals surface area contributed by atoms with E-state index >= 15 is 0 Å². The molecular weight excluding hydrogens is 528 g/mol. The van der Waals surface area contributed by atoms with Crippen LogP contribution < -0.4 is 0 Å². The van der Waals surface area contributed by atoms with Crippen LogP contribution in [0.3, 0.4) is 0 Å². The van der Waals surface area contributed by atoms with Crippen molar-refractivity contribution in [3.05, 3.63) is 109 Å². The number of para-hydroxylation sites is 1. The molecule has 0 atom stereocenters. The van der Waals surface area contributed by atoms with Crippen molar-refractivity contribution in [1.82, 2.24) is 19.5 Å². The van der Waals surface area contributed by atoms with Crippen molar-refractivity contribution >= 4 is 11.0 Å². The fraction of sp³-hybridized carbons (Fsp3) is 0.237. The maximum Gasteiger partial charge on any atom is 0.144 e. The minimum absolute atomic E-state index is 0.00586. The Balaban J connectivity index is 1.62. The van der Waals surface area contributed by atoms with Crippen LogP contribution in [0.2, 0.25) is 0 Å². The van der Waals surface area contributed by atoms with E-state index < -0.39 is 0 Å². The van der Waals surface area contributed by atoms with E-state index in [4.69, 9.17) is 9.97 Å². The molecule has 0 spiro atoms. The predicted molar refractivity (Wildman–Crippen MR) is 177 cm³/mol. The zero-order valence-electron chi connectivity index (χ0n) is 26.0. The molecule has 43 heavy (non-hydrogen) atoms. The van der Waals surface area contributed by atoms with E-state index in [1.165, 1.54) is 22.9 Å². The number of aryl methyl sites for hydroxylation is 1. The third-order valence-corrected chi connectivity index (χ3v) is 8.16. The first-order chi connectivity index (χ1) is 20.4.